The summed E-state index contributed by atoms with van der Waals surface area (Å²) in [6, 6.07) is -0.392. The highest BCUT2D eigenvalue weighted by atomic mass is 32.1. The quantitative estimate of drug-likeness (QED) is 0.910. The lowest BCUT2D eigenvalue weighted by atomic mass is 10.2. The molecule has 0 radical (unpaired) electrons. The maximum Gasteiger partial charge on any atom is 0.245 e. The Bertz CT molecular complexity index is 479. The number of hydrogen-bond donors (Lipinski definition) is 1. The monoisotopic (exact) mass is 281 g/mol. The molecule has 1 unspecified atom stereocenters. The number of amides is 2. The molecule has 2 heterocycles. The first-order valence-corrected chi connectivity index (χ1v) is 7.34. The first kappa shape index (κ1) is 14.0. The third-order valence-electron chi connectivity index (χ3n) is 3.36. The van der Waals surface area contributed by atoms with Crippen molar-refractivity contribution in [3.63, 3.8) is 0 Å². The number of carbonyl (C=O) groups excluding carboxylic acids is 2. The van der Waals surface area contributed by atoms with Gasteiger partial charge in [-0.1, -0.05) is 6.92 Å². The second kappa shape index (κ2) is 5.69. The van der Waals surface area contributed by atoms with Gasteiger partial charge in [-0.15, -0.1) is 11.3 Å². The van der Waals surface area contributed by atoms with E-state index in [0.29, 0.717) is 25.9 Å². The molecule has 6 heteroatoms. The molecule has 5 nitrogen and oxygen atoms in total. The summed E-state index contributed by atoms with van der Waals surface area (Å²) in [6.07, 6.45) is 0.989. The van der Waals surface area contributed by atoms with Crippen molar-refractivity contribution in [3.8, 4) is 0 Å². The van der Waals surface area contributed by atoms with Gasteiger partial charge in [-0.25, -0.2) is 4.98 Å². The topological polar surface area (TPSA) is 62.3 Å². The van der Waals surface area contributed by atoms with Gasteiger partial charge in [0.05, 0.1) is 12.2 Å². The van der Waals surface area contributed by atoms with Gasteiger partial charge in [0.25, 0.3) is 0 Å². The fourth-order valence-corrected chi connectivity index (χ4v) is 3.05. The molecule has 1 saturated heterocycles. The molecule has 0 aliphatic carbocycles. The SMILES string of the molecule is CCC1NC(=O)CCN(Cc2nc(C)c(C)s2)C1=O. The number of aryl methyl sites for hydroxylation is 2. The molecule has 1 aliphatic heterocycles. The highest BCUT2D eigenvalue weighted by Crippen LogP contribution is 2.19. The van der Waals surface area contributed by atoms with Crippen LogP contribution in [0.2, 0.25) is 0 Å². The Balaban J connectivity index is 2.13. The van der Waals surface area contributed by atoms with Crippen molar-refractivity contribution in [3.05, 3.63) is 15.6 Å². The van der Waals surface area contributed by atoms with Crippen LogP contribution in [0.25, 0.3) is 0 Å². The van der Waals surface area contributed by atoms with Crippen molar-refractivity contribution < 1.29 is 9.59 Å². The third-order valence-corrected chi connectivity index (χ3v) is 4.42. The van der Waals surface area contributed by atoms with Crippen LogP contribution in [-0.4, -0.2) is 34.3 Å². The van der Waals surface area contributed by atoms with Crippen LogP contribution in [0.15, 0.2) is 0 Å². The largest absolute Gasteiger partial charge is 0.344 e. The minimum atomic E-state index is -0.392. The molecule has 2 amide bonds. The van der Waals surface area contributed by atoms with Gasteiger partial charge < -0.3 is 10.2 Å². The van der Waals surface area contributed by atoms with Gasteiger partial charge in [0.1, 0.15) is 11.0 Å². The van der Waals surface area contributed by atoms with E-state index in [0.717, 1.165) is 10.7 Å². The van der Waals surface area contributed by atoms with Crippen molar-refractivity contribution in [2.45, 2.75) is 46.2 Å². The van der Waals surface area contributed by atoms with Gasteiger partial charge in [0.2, 0.25) is 11.8 Å². The summed E-state index contributed by atoms with van der Waals surface area (Å²) in [7, 11) is 0. The van der Waals surface area contributed by atoms with Crippen LogP contribution < -0.4 is 5.32 Å². The minimum Gasteiger partial charge on any atom is -0.344 e. The second-order valence-corrected chi connectivity index (χ2v) is 6.08. The van der Waals surface area contributed by atoms with Gasteiger partial charge in [0.15, 0.2) is 0 Å². The summed E-state index contributed by atoms with van der Waals surface area (Å²) in [5.74, 6) is -0.0481. The molecule has 1 fully saturated rings. The predicted octanol–water partition coefficient (Wildman–Crippen LogP) is 1.39. The standard InChI is InChI=1S/C13H19N3O2S/c1-4-10-13(18)16(6-5-11(17)15-10)7-12-14-8(2)9(3)19-12/h10H,4-7H2,1-3H3,(H,15,17). The molecule has 0 aromatic carbocycles. The van der Waals surface area contributed by atoms with Crippen molar-refractivity contribution in [2.24, 2.45) is 0 Å². The molecular weight excluding hydrogens is 262 g/mol. The summed E-state index contributed by atoms with van der Waals surface area (Å²) in [4.78, 5) is 31.2. The summed E-state index contributed by atoms with van der Waals surface area (Å²) >= 11 is 1.62. The Hall–Kier alpha value is -1.43. The van der Waals surface area contributed by atoms with Gasteiger partial charge in [-0.05, 0) is 20.3 Å². The molecule has 2 rings (SSSR count). The highest BCUT2D eigenvalue weighted by Gasteiger charge is 2.28. The van der Waals surface area contributed by atoms with Crippen molar-refractivity contribution in [1.82, 2.24) is 15.2 Å². The Morgan fingerprint density at radius 2 is 2.16 bits per heavy atom. The fourth-order valence-electron chi connectivity index (χ4n) is 2.10. The van der Waals surface area contributed by atoms with Crippen molar-refractivity contribution >= 4 is 23.2 Å². The minimum absolute atomic E-state index is 0.00106. The molecule has 1 N–H and O–H groups in total. The van der Waals surface area contributed by atoms with Crippen LogP contribution in [0, 0.1) is 13.8 Å². The zero-order valence-corrected chi connectivity index (χ0v) is 12.3. The third kappa shape index (κ3) is 3.12. The normalized spacial score (nSPS) is 20.4. The Morgan fingerprint density at radius 1 is 1.42 bits per heavy atom. The smallest absolute Gasteiger partial charge is 0.245 e. The number of rotatable bonds is 3. The maximum atomic E-state index is 12.3. The highest BCUT2D eigenvalue weighted by molar-refractivity contribution is 7.11. The molecule has 1 aromatic heterocycles. The number of thiazole rings is 1. The van der Waals surface area contributed by atoms with Crippen LogP contribution in [0.5, 0.6) is 0 Å². The molecule has 19 heavy (non-hydrogen) atoms. The lowest BCUT2D eigenvalue weighted by Gasteiger charge is -2.22. The van der Waals surface area contributed by atoms with Crippen LogP contribution in [0.4, 0.5) is 0 Å². The van der Waals surface area contributed by atoms with E-state index in [-0.39, 0.29) is 11.8 Å². The van der Waals surface area contributed by atoms with E-state index in [4.69, 9.17) is 0 Å². The summed E-state index contributed by atoms with van der Waals surface area (Å²) in [6.45, 7) is 6.88. The molecule has 1 atom stereocenters. The molecule has 0 bridgehead atoms. The van der Waals surface area contributed by atoms with E-state index >= 15 is 0 Å². The molecule has 1 aliphatic rings. The second-order valence-electron chi connectivity index (χ2n) is 4.79. The fraction of sp³-hybridized carbons (Fsp3) is 0.615. The number of nitrogens with zero attached hydrogens (tertiary/aromatic N) is 2. The van der Waals surface area contributed by atoms with Gasteiger partial charge in [-0.3, -0.25) is 9.59 Å². The summed E-state index contributed by atoms with van der Waals surface area (Å²) in [5, 5.41) is 3.70. The molecular formula is C13H19N3O2S. The maximum absolute atomic E-state index is 12.3. The summed E-state index contributed by atoms with van der Waals surface area (Å²) < 4.78 is 0. The van der Waals surface area contributed by atoms with Crippen molar-refractivity contribution in [2.75, 3.05) is 6.54 Å². The van der Waals surface area contributed by atoms with Gasteiger partial charge >= 0.3 is 0 Å². The number of hydrogen-bond acceptors (Lipinski definition) is 4. The molecule has 1 aromatic rings. The summed E-state index contributed by atoms with van der Waals surface area (Å²) in [5.41, 5.74) is 1.02. The zero-order chi connectivity index (χ0) is 14.0. The average molecular weight is 281 g/mol. The lowest BCUT2D eigenvalue weighted by molar-refractivity contribution is -0.134. The predicted molar refractivity (Wildman–Crippen MR) is 73.8 cm³/mol. The van der Waals surface area contributed by atoms with Crippen molar-refractivity contribution in [1.29, 1.82) is 0 Å². The van der Waals surface area contributed by atoms with E-state index in [1.54, 1.807) is 16.2 Å². The van der Waals surface area contributed by atoms with Crippen LogP contribution >= 0.6 is 11.3 Å². The zero-order valence-electron chi connectivity index (χ0n) is 11.5. The van der Waals surface area contributed by atoms with Gasteiger partial charge in [-0.2, -0.15) is 0 Å². The Labute approximate surface area is 117 Å². The lowest BCUT2D eigenvalue weighted by Crippen LogP contribution is -2.43. The van der Waals surface area contributed by atoms with E-state index in [2.05, 4.69) is 10.3 Å². The number of aromatic nitrogens is 1. The van der Waals surface area contributed by atoms with E-state index in [9.17, 15) is 9.59 Å². The van der Waals surface area contributed by atoms with Crippen LogP contribution in [0.1, 0.15) is 35.3 Å². The molecule has 104 valence electrons. The van der Waals surface area contributed by atoms with Gasteiger partial charge in [0, 0.05) is 17.8 Å². The Kier molecular flexibility index (Phi) is 4.19. The Morgan fingerprint density at radius 3 is 2.74 bits per heavy atom. The van der Waals surface area contributed by atoms with E-state index in [1.807, 2.05) is 20.8 Å². The number of carbonyl (C=O) groups is 2. The van der Waals surface area contributed by atoms with Crippen LogP contribution in [0.3, 0.4) is 0 Å². The number of nitrogens with one attached hydrogen (secondary N) is 1. The van der Waals surface area contributed by atoms with Crippen LogP contribution in [-0.2, 0) is 16.1 Å². The van der Waals surface area contributed by atoms with E-state index in [1.165, 1.54) is 4.88 Å². The van der Waals surface area contributed by atoms with E-state index < -0.39 is 6.04 Å². The average Bonchev–Trinajstić information content (AvgIpc) is 2.62. The molecule has 0 spiro atoms. The first-order chi connectivity index (χ1) is 9.01. The molecule has 0 saturated carbocycles. The first-order valence-electron chi connectivity index (χ1n) is 6.52.